The quantitative estimate of drug-likeness (QED) is 0.0293. The van der Waals surface area contributed by atoms with Gasteiger partial charge in [-0.1, -0.05) is 66.7 Å². The van der Waals surface area contributed by atoms with Crippen molar-refractivity contribution in [2.75, 3.05) is 78.2 Å². The van der Waals surface area contributed by atoms with Crippen LogP contribution in [0.2, 0.25) is 0 Å². The number of benzene rings is 15. The maximum absolute atomic E-state index is 10.5. The highest BCUT2D eigenvalue weighted by atomic mass is 16.5. The van der Waals surface area contributed by atoms with E-state index in [9.17, 15) is 30.6 Å². The second-order valence-corrected chi connectivity index (χ2v) is 32.4. The lowest BCUT2D eigenvalue weighted by atomic mass is 10.1. The van der Waals surface area contributed by atoms with Crippen LogP contribution in [0.25, 0.3) is 171 Å². The number of hydrogen-bond donors (Lipinski definition) is 6. The van der Waals surface area contributed by atoms with Gasteiger partial charge >= 0.3 is 0 Å². The first kappa shape index (κ1) is 102. The number of phenolic OH excluding ortho intramolecular Hbond substituents is 6. The zero-order valence-electron chi connectivity index (χ0n) is 82.8. The third-order valence-corrected chi connectivity index (χ3v) is 23.0. The summed E-state index contributed by atoms with van der Waals surface area (Å²) in [5.41, 5.74) is 11.2. The number of para-hydroxylation sites is 5. The van der Waals surface area contributed by atoms with E-state index >= 15 is 0 Å². The van der Waals surface area contributed by atoms with Crippen molar-refractivity contribution in [2.24, 2.45) is 0 Å². The molecule has 5 aromatic heterocycles. The van der Waals surface area contributed by atoms with Crippen molar-refractivity contribution in [3.05, 3.63) is 351 Å². The highest BCUT2D eigenvalue weighted by Gasteiger charge is 2.25. The Morgan fingerprint density at radius 2 is 0.329 bits per heavy atom. The number of aromatic hydroxyl groups is 6. The van der Waals surface area contributed by atoms with Crippen molar-refractivity contribution in [3.8, 4) is 269 Å². The molecule has 5 heterocycles. The van der Waals surface area contributed by atoms with E-state index in [1.54, 1.807) is 139 Å². The molecule has 0 bridgehead atoms. The summed E-state index contributed by atoms with van der Waals surface area (Å²) in [7, 11) is 17.7. The minimum atomic E-state index is -0.123. The number of rotatable bonds is 26. The molecule has 0 spiro atoms. The van der Waals surface area contributed by atoms with Crippen LogP contribution in [0.3, 0.4) is 0 Å². The maximum Gasteiger partial charge on any atom is 0.167 e. The molecular weight excluding hydrogens is 1890 g/mol. The molecule has 32 nitrogen and oxygen atoms in total. The molecule has 32 heteroatoms. The molecule has 0 aliphatic heterocycles. The predicted octanol–water partition coefficient (Wildman–Crippen LogP) is 23.0. The van der Waals surface area contributed by atoms with Crippen LogP contribution in [0.1, 0.15) is 5.56 Å². The number of hydrogen-bond acceptors (Lipinski definition) is 32. The molecule has 0 atom stereocenters. The minimum absolute atomic E-state index is 0.0203. The van der Waals surface area contributed by atoms with Crippen molar-refractivity contribution in [2.45, 2.75) is 6.92 Å². The molecule has 0 radical (unpaired) electrons. The molecule has 0 fully saturated rings. The van der Waals surface area contributed by atoms with E-state index < -0.39 is 0 Å². The van der Waals surface area contributed by atoms with Crippen molar-refractivity contribution < 1.29 is 82.7 Å². The smallest absolute Gasteiger partial charge is 0.167 e. The van der Waals surface area contributed by atoms with Crippen LogP contribution in [0, 0.1) is 6.92 Å². The Bertz CT molecular complexity index is 7580. The van der Waals surface area contributed by atoms with Gasteiger partial charge in [0.1, 0.15) is 97.7 Å². The zero-order valence-corrected chi connectivity index (χ0v) is 82.8. The number of nitrogens with zero attached hydrogens (tertiary/aromatic N) is 15. The number of aromatic nitrogens is 15. The molecule has 6 N–H and O–H groups in total. The highest BCUT2D eigenvalue weighted by molar-refractivity contribution is 5.79. The van der Waals surface area contributed by atoms with Gasteiger partial charge in [0.05, 0.1) is 123 Å². The summed E-state index contributed by atoms with van der Waals surface area (Å²) in [6.07, 6.45) is 0. The molecule has 20 aromatic rings. The Morgan fingerprint density at radius 3 is 0.550 bits per heavy atom. The molecule has 20 rings (SSSR count). The van der Waals surface area contributed by atoms with E-state index in [0.717, 1.165) is 101 Å². The van der Waals surface area contributed by atoms with Gasteiger partial charge in [-0.25, -0.2) is 74.8 Å². The predicted molar refractivity (Wildman–Crippen MR) is 567 cm³/mol. The van der Waals surface area contributed by atoms with Gasteiger partial charge in [-0.3, -0.25) is 0 Å². The van der Waals surface area contributed by atoms with Crippen LogP contribution in [-0.2, 0) is 0 Å². The Morgan fingerprint density at radius 1 is 0.148 bits per heavy atom. The normalized spacial score (nSPS) is 10.6. The van der Waals surface area contributed by atoms with E-state index in [0.29, 0.717) is 138 Å². The van der Waals surface area contributed by atoms with Crippen LogP contribution < -0.4 is 52.1 Å². The summed E-state index contributed by atoms with van der Waals surface area (Å²) in [4.78, 5) is 69.4. The van der Waals surface area contributed by atoms with E-state index in [2.05, 4.69) is 74.8 Å². The number of methoxy groups -OCH3 is 11. The average Bonchev–Trinajstić information content (AvgIpc) is 0.811. The summed E-state index contributed by atoms with van der Waals surface area (Å²) >= 11 is 0. The Balaban J connectivity index is 0.000000133. The van der Waals surface area contributed by atoms with E-state index in [4.69, 9.17) is 52.1 Å². The second kappa shape index (κ2) is 48.1. The van der Waals surface area contributed by atoms with Crippen LogP contribution in [0.5, 0.6) is 97.7 Å². The molecule has 0 saturated carbocycles. The molecule has 0 saturated heterocycles. The molecule has 149 heavy (non-hydrogen) atoms. The summed E-state index contributed by atoms with van der Waals surface area (Å²) < 4.78 is 58.3. The van der Waals surface area contributed by atoms with E-state index in [-0.39, 0.29) is 34.5 Å². The van der Waals surface area contributed by atoms with Gasteiger partial charge in [-0.2, -0.15) is 0 Å². The van der Waals surface area contributed by atoms with Crippen LogP contribution in [0.15, 0.2) is 346 Å². The fraction of sp³-hybridized carbons (Fsp3) is 0.103. The van der Waals surface area contributed by atoms with Gasteiger partial charge in [0.2, 0.25) is 0 Å². The molecule has 0 aliphatic rings. The molecule has 0 amide bonds. The van der Waals surface area contributed by atoms with Gasteiger partial charge in [-0.15, -0.1) is 0 Å². The van der Waals surface area contributed by atoms with Crippen LogP contribution >= 0.6 is 0 Å². The lowest BCUT2D eigenvalue weighted by molar-refractivity contribution is 0.408. The Labute approximate surface area is 857 Å². The third kappa shape index (κ3) is 24.8. The summed E-state index contributed by atoms with van der Waals surface area (Å²) in [5.74, 6) is 14.3. The number of ether oxygens (including phenoxy) is 11. The fourth-order valence-corrected chi connectivity index (χ4v) is 15.1. The minimum Gasteiger partial charge on any atom is -0.508 e. The fourth-order valence-electron chi connectivity index (χ4n) is 15.1. The summed E-state index contributed by atoms with van der Waals surface area (Å²) in [6, 6.07) is 103. The van der Waals surface area contributed by atoms with Crippen molar-refractivity contribution in [3.63, 3.8) is 0 Å². The van der Waals surface area contributed by atoms with Gasteiger partial charge in [0, 0.05) is 51.1 Å². The van der Waals surface area contributed by atoms with Crippen LogP contribution in [0.4, 0.5) is 0 Å². The molecule has 744 valence electrons. The summed E-state index contributed by atoms with van der Waals surface area (Å²) in [6.45, 7) is 1.92. The third-order valence-electron chi connectivity index (χ3n) is 23.0. The summed E-state index contributed by atoms with van der Waals surface area (Å²) in [5, 5.41) is 61.6. The second-order valence-electron chi connectivity index (χ2n) is 32.4. The lowest BCUT2D eigenvalue weighted by Crippen LogP contribution is -2.02. The molecule has 0 aliphatic carbocycles. The SMILES string of the molecule is COc1ccc(-c2nc(-c3ccc(OC)cc3)nc(-c3ccc(C)cc3O)n2)cc1.COc1ccc(-c2nc(-c3ccc(OC)cc3)nc(-c3ccc(O)cc3O)n2)cc1.COc1ccc(-c2nc(-c3ccc(OC)cc3)nc(-c3ccc(OC)cc3O)n2)cc1.COc1ccc(-c2nc(-c3ccccc3O)nc(-c3ccccc3OC)n2)cc1.COc1ccccc1-c1nc(-c2ccccc2O)nc(-c2ccccc2OC)n1. The van der Waals surface area contributed by atoms with Gasteiger partial charge < -0.3 is 82.7 Å². The van der Waals surface area contributed by atoms with E-state index in [1.807, 2.05) is 274 Å². The lowest BCUT2D eigenvalue weighted by Gasteiger charge is -2.12. The molecular formula is C117H99N15O17. The topological polar surface area (TPSA) is 416 Å². The first-order valence-corrected chi connectivity index (χ1v) is 46.1. The monoisotopic (exact) mass is 1990 g/mol. The largest absolute Gasteiger partial charge is 0.508 e. The van der Waals surface area contributed by atoms with Crippen molar-refractivity contribution in [1.82, 2.24) is 74.8 Å². The Hall–Kier alpha value is -20.0. The van der Waals surface area contributed by atoms with Gasteiger partial charge in [-0.05, 0) is 279 Å². The highest BCUT2D eigenvalue weighted by Crippen LogP contribution is 2.42. The maximum atomic E-state index is 10.5. The van der Waals surface area contributed by atoms with Gasteiger partial charge in [0.15, 0.2) is 87.4 Å². The standard InChI is InChI=1S/C24H21N3O4.C24H21N3O3.C23H19N3O4.2C23H19N3O3/c1-29-17-8-4-15(5-9-17)22-25-23(16-6-10-18(30-2)11-7-16)27-24(26-22)20-13-12-19(31-3)14-21(20)28;1-15-4-13-20(21(28)14-15)24-26-22(16-5-9-18(29-2)10-6-16)25-23(27-24)17-7-11-19(30-3)12-8-17;1-29-17-8-3-14(4-9-17)21-24-22(15-5-10-18(30-2)11-6-15)26-23(25-21)19-12-7-16(27)13-20(19)28;1-28-19-13-7-4-10-16(19)22-24-21(15-9-3-6-12-18(15)27)25-23(26-22)17-11-5-8-14-20(17)29-2;1-28-16-13-11-15(12-14-16)21-24-22(17-7-3-5-9-19(17)27)26-23(25-21)18-8-4-6-10-20(18)29-2/h4-14,28H,1-3H3;4-14,28H,1-3H3;3-13,27-28H,1-2H3;2*3-14,27H,1-2H3. The van der Waals surface area contributed by atoms with E-state index in [1.165, 1.54) is 18.2 Å². The molecule has 0 unspecified atom stereocenters. The Kier molecular flexibility index (Phi) is 32.9. The zero-order chi connectivity index (χ0) is 104. The first-order chi connectivity index (χ1) is 72.6. The van der Waals surface area contributed by atoms with Crippen molar-refractivity contribution >= 4 is 0 Å². The van der Waals surface area contributed by atoms with Crippen LogP contribution in [-0.4, -0.2) is 184 Å². The number of aryl methyl sites for hydroxylation is 1. The van der Waals surface area contributed by atoms with Crippen molar-refractivity contribution in [1.29, 1.82) is 0 Å². The number of phenols is 6. The average molecular weight is 1990 g/mol. The van der Waals surface area contributed by atoms with Gasteiger partial charge in [0.25, 0.3) is 0 Å². The first-order valence-electron chi connectivity index (χ1n) is 46.1. The molecule has 15 aromatic carbocycles.